The number of aliphatic hydroxyl groups is 1. The molecule has 0 amide bonds. The molecule has 7 nitrogen and oxygen atoms in total. The normalized spacial score (nSPS) is 13.9. The zero-order valence-electron chi connectivity index (χ0n) is 31.0. The largest absolute Gasteiger partial charge is 0.489 e. The highest BCUT2D eigenvalue weighted by Crippen LogP contribution is 2.42. The lowest BCUT2D eigenvalue weighted by Crippen LogP contribution is -2.42. The van der Waals surface area contributed by atoms with Gasteiger partial charge in [0.2, 0.25) is 10.0 Å². The van der Waals surface area contributed by atoms with Gasteiger partial charge >= 0.3 is 0 Å². The minimum Gasteiger partial charge on any atom is -0.489 e. The number of anilines is 1. The van der Waals surface area contributed by atoms with Gasteiger partial charge in [0.15, 0.2) is 8.32 Å². The SMILES string of the molecule is CC(C)(C)[Si](C)(C)O[C@@H](CCC([C@H](O)c1ccc(OCc2ccccc2)cc1OCc1ccccc1)S(=O)(=O)Nc1ccccc1)c1ccc(F)cc1. The van der Waals surface area contributed by atoms with E-state index in [1.54, 1.807) is 60.7 Å². The van der Waals surface area contributed by atoms with Crippen LogP contribution < -0.4 is 14.2 Å². The van der Waals surface area contributed by atoms with E-state index in [0.29, 0.717) is 29.4 Å². The Morgan fingerprint density at radius 1 is 0.736 bits per heavy atom. The van der Waals surface area contributed by atoms with E-state index in [9.17, 15) is 17.9 Å². The van der Waals surface area contributed by atoms with Crippen LogP contribution in [-0.2, 0) is 27.7 Å². The van der Waals surface area contributed by atoms with Crippen molar-refractivity contribution >= 4 is 24.0 Å². The van der Waals surface area contributed by atoms with Gasteiger partial charge in [-0.2, -0.15) is 0 Å². The molecule has 0 aliphatic rings. The highest BCUT2D eigenvalue weighted by molar-refractivity contribution is 7.93. The maximum Gasteiger partial charge on any atom is 0.238 e. The Morgan fingerprint density at radius 3 is 1.85 bits per heavy atom. The van der Waals surface area contributed by atoms with Gasteiger partial charge in [-0.05, 0) is 84.1 Å². The summed E-state index contributed by atoms with van der Waals surface area (Å²) in [5, 5.41) is 10.8. The number of benzene rings is 5. The molecule has 0 spiro atoms. The Bertz CT molecular complexity index is 1990. The van der Waals surface area contributed by atoms with Crippen LogP contribution >= 0.6 is 0 Å². The third-order valence-corrected chi connectivity index (χ3v) is 16.1. The van der Waals surface area contributed by atoms with E-state index < -0.39 is 35.8 Å². The van der Waals surface area contributed by atoms with Gasteiger partial charge in [-0.15, -0.1) is 0 Å². The molecule has 280 valence electrons. The molecule has 0 bridgehead atoms. The second-order valence-corrected chi connectivity index (χ2v) is 21.4. The van der Waals surface area contributed by atoms with Crippen molar-refractivity contribution in [2.45, 2.75) is 82.4 Å². The van der Waals surface area contributed by atoms with E-state index in [-0.39, 0.29) is 30.3 Å². The fraction of sp³-hybridized carbons (Fsp3) is 0.302. The predicted molar refractivity (Wildman–Crippen MR) is 212 cm³/mol. The molecule has 1 unspecified atom stereocenters. The van der Waals surface area contributed by atoms with Gasteiger partial charge in [-0.1, -0.05) is 112 Å². The molecule has 0 heterocycles. The van der Waals surface area contributed by atoms with Crippen molar-refractivity contribution in [3.63, 3.8) is 0 Å². The molecular weight excluding hydrogens is 706 g/mol. The Morgan fingerprint density at radius 2 is 1.28 bits per heavy atom. The second-order valence-electron chi connectivity index (χ2n) is 14.7. The van der Waals surface area contributed by atoms with Crippen LogP contribution in [0, 0.1) is 5.82 Å². The summed E-state index contributed by atoms with van der Waals surface area (Å²) >= 11 is 0. The van der Waals surface area contributed by atoms with Crippen LogP contribution in [0.25, 0.3) is 0 Å². The first-order valence-electron chi connectivity index (χ1n) is 17.9. The first kappa shape index (κ1) is 39.7. The maximum atomic E-state index is 14.4. The molecule has 0 aromatic heterocycles. The van der Waals surface area contributed by atoms with Gasteiger partial charge < -0.3 is 19.0 Å². The Kier molecular flexibility index (Phi) is 13.2. The minimum atomic E-state index is -4.21. The molecule has 5 rings (SSSR count). The molecule has 0 radical (unpaired) electrons. The van der Waals surface area contributed by atoms with Crippen molar-refractivity contribution in [3.05, 3.63) is 162 Å². The lowest BCUT2D eigenvalue weighted by Gasteiger charge is -2.40. The Balaban J connectivity index is 1.51. The average molecular weight is 756 g/mol. The van der Waals surface area contributed by atoms with Crippen LogP contribution in [0.2, 0.25) is 18.1 Å². The number of aliphatic hydroxyl groups excluding tert-OH is 1. The molecular formula is C43H50FNO6SSi. The molecule has 3 atom stereocenters. The molecule has 0 saturated heterocycles. The van der Waals surface area contributed by atoms with Crippen molar-refractivity contribution in [2.24, 2.45) is 0 Å². The van der Waals surface area contributed by atoms with Gasteiger partial charge in [-0.3, -0.25) is 4.72 Å². The van der Waals surface area contributed by atoms with E-state index >= 15 is 0 Å². The second kappa shape index (κ2) is 17.6. The van der Waals surface area contributed by atoms with Gasteiger partial charge in [0.05, 0.1) is 6.10 Å². The lowest BCUT2D eigenvalue weighted by molar-refractivity contribution is 0.138. The third kappa shape index (κ3) is 11.0. The predicted octanol–water partition coefficient (Wildman–Crippen LogP) is 10.4. The van der Waals surface area contributed by atoms with Gasteiger partial charge in [-0.25, -0.2) is 12.8 Å². The Labute approximate surface area is 315 Å². The van der Waals surface area contributed by atoms with Crippen molar-refractivity contribution < 1.29 is 31.8 Å². The number of para-hydroxylation sites is 1. The first-order chi connectivity index (χ1) is 25.2. The van der Waals surface area contributed by atoms with E-state index in [0.717, 1.165) is 16.7 Å². The molecule has 5 aromatic rings. The fourth-order valence-corrected chi connectivity index (χ4v) is 8.57. The summed E-state index contributed by atoms with van der Waals surface area (Å²) in [6.07, 6.45) is -1.79. The maximum absolute atomic E-state index is 14.4. The summed E-state index contributed by atoms with van der Waals surface area (Å²) in [7, 11) is -6.59. The van der Waals surface area contributed by atoms with E-state index in [1.807, 2.05) is 60.7 Å². The van der Waals surface area contributed by atoms with Crippen molar-refractivity contribution in [2.75, 3.05) is 4.72 Å². The number of hydrogen-bond donors (Lipinski definition) is 2. The van der Waals surface area contributed by atoms with Crippen LogP contribution in [0.5, 0.6) is 11.5 Å². The molecule has 0 saturated carbocycles. The van der Waals surface area contributed by atoms with Crippen LogP contribution in [0.1, 0.15) is 68.1 Å². The van der Waals surface area contributed by atoms with Crippen LogP contribution in [0.15, 0.2) is 133 Å². The number of rotatable bonds is 17. The minimum absolute atomic E-state index is 0.0182. The number of hydrogen-bond acceptors (Lipinski definition) is 6. The number of halogens is 1. The monoisotopic (exact) mass is 755 g/mol. The van der Waals surface area contributed by atoms with E-state index in [4.69, 9.17) is 13.9 Å². The fourth-order valence-electron chi connectivity index (χ4n) is 5.70. The molecule has 0 fully saturated rings. The highest BCUT2D eigenvalue weighted by Gasteiger charge is 2.41. The summed E-state index contributed by atoms with van der Waals surface area (Å²) in [5.41, 5.74) is 3.31. The lowest BCUT2D eigenvalue weighted by atomic mass is 9.98. The standard InChI is InChI=1S/C43H50FNO6SSi/c1-43(2,3)53(4,5)51-39(34-21-23-35(44)24-22-34)27-28-41(52(47,48)45-36-19-13-8-14-20-36)42(46)38-26-25-37(49-30-32-15-9-6-10-16-32)29-40(38)50-31-33-17-11-7-12-18-33/h6-26,29,39,41-42,45-46H,27-28,30-31H2,1-5H3/t39-,41?,42+/m0/s1. The van der Waals surface area contributed by atoms with Crippen LogP contribution in [-0.4, -0.2) is 27.1 Å². The highest BCUT2D eigenvalue weighted by atomic mass is 32.2. The first-order valence-corrected chi connectivity index (χ1v) is 22.3. The van der Waals surface area contributed by atoms with Gasteiger partial charge in [0.25, 0.3) is 0 Å². The van der Waals surface area contributed by atoms with Crippen molar-refractivity contribution in [1.82, 2.24) is 0 Å². The number of nitrogens with one attached hydrogen (secondary N) is 1. The summed E-state index contributed by atoms with van der Waals surface area (Å²) in [5.74, 6) is 0.440. The van der Waals surface area contributed by atoms with Crippen molar-refractivity contribution in [3.8, 4) is 11.5 Å². The smallest absolute Gasteiger partial charge is 0.238 e. The number of sulfonamides is 1. The molecule has 53 heavy (non-hydrogen) atoms. The summed E-state index contributed by atoms with van der Waals surface area (Å²) in [6.45, 7) is 11.2. The third-order valence-electron chi connectivity index (χ3n) is 9.77. The Hall–Kier alpha value is -4.48. The summed E-state index contributed by atoms with van der Waals surface area (Å²) in [4.78, 5) is 0. The van der Waals surface area contributed by atoms with Gasteiger partial charge in [0.1, 0.15) is 41.9 Å². The molecule has 0 aliphatic carbocycles. The molecule has 0 aliphatic heterocycles. The summed E-state index contributed by atoms with van der Waals surface area (Å²) < 4.78 is 64.7. The van der Waals surface area contributed by atoms with Gasteiger partial charge in [0, 0.05) is 17.3 Å². The zero-order valence-corrected chi connectivity index (χ0v) is 32.9. The summed E-state index contributed by atoms with van der Waals surface area (Å²) in [6, 6.07) is 39.2. The van der Waals surface area contributed by atoms with E-state index in [2.05, 4.69) is 38.6 Å². The topological polar surface area (TPSA) is 94.1 Å². The average Bonchev–Trinajstić information content (AvgIpc) is 3.13. The van der Waals surface area contributed by atoms with Crippen LogP contribution in [0.4, 0.5) is 10.1 Å². The quantitative estimate of drug-likeness (QED) is 0.0918. The zero-order chi connectivity index (χ0) is 38.1. The number of ether oxygens (including phenoxy) is 2. The molecule has 2 N–H and O–H groups in total. The molecule has 10 heteroatoms. The van der Waals surface area contributed by atoms with Crippen molar-refractivity contribution in [1.29, 1.82) is 0 Å². The van der Waals surface area contributed by atoms with E-state index in [1.165, 1.54) is 12.1 Å². The van der Waals surface area contributed by atoms with Crippen LogP contribution in [0.3, 0.4) is 0 Å². The molecule has 5 aromatic carbocycles.